The fourth-order valence-electron chi connectivity index (χ4n) is 2.63. The molecule has 2 aliphatic heterocycles. The van der Waals surface area contributed by atoms with Gasteiger partial charge in [0.1, 0.15) is 0 Å². The Kier molecular flexibility index (Phi) is 3.96. The summed E-state index contributed by atoms with van der Waals surface area (Å²) < 4.78 is 1.51. The van der Waals surface area contributed by atoms with E-state index in [0.29, 0.717) is 6.04 Å². The number of likely N-dealkylation sites (N-methyl/N-ethyl adjacent to an activating group) is 1. The van der Waals surface area contributed by atoms with Crippen LogP contribution in [-0.4, -0.2) is 48.4 Å². The maximum Gasteiger partial charge on any atom is 0.0649 e. The van der Waals surface area contributed by atoms with E-state index < -0.39 is 0 Å². The number of piperazine rings is 1. The molecule has 0 spiro atoms. The summed E-state index contributed by atoms with van der Waals surface area (Å²) in [6.45, 7) is 6.94. The molecule has 0 bridgehead atoms. The lowest BCUT2D eigenvalue weighted by molar-refractivity contribution is 0.0840. The van der Waals surface area contributed by atoms with Crippen molar-refractivity contribution >= 4 is 23.1 Å². The van der Waals surface area contributed by atoms with E-state index in [-0.39, 0.29) is 0 Å². The van der Waals surface area contributed by atoms with E-state index in [1.165, 1.54) is 29.3 Å². The second-order valence-electron chi connectivity index (χ2n) is 5.30. The van der Waals surface area contributed by atoms with Gasteiger partial charge < -0.3 is 4.90 Å². The highest BCUT2D eigenvalue weighted by atomic mass is 32.2. The molecule has 3 rings (SSSR count). The largest absolute Gasteiger partial charge is 0.304 e. The molecule has 3 heterocycles. The third-order valence-corrected chi connectivity index (χ3v) is 6.10. The van der Waals surface area contributed by atoms with Gasteiger partial charge in [-0.2, -0.15) is 0 Å². The van der Waals surface area contributed by atoms with Gasteiger partial charge in [-0.25, -0.2) is 10.4 Å². The molecular formula is C13H21N3S2. The van der Waals surface area contributed by atoms with Crippen LogP contribution in [0.5, 0.6) is 0 Å². The van der Waals surface area contributed by atoms with Crippen molar-refractivity contribution in [3.63, 3.8) is 0 Å². The van der Waals surface area contributed by atoms with Crippen LogP contribution in [0.3, 0.4) is 0 Å². The summed E-state index contributed by atoms with van der Waals surface area (Å²) in [7, 11) is 2.20. The number of nitrogens with one attached hydrogen (secondary N) is 1. The standard InChI is InChI=1S/C13H21N3S2/c1-10-9-12(11-3-8-17-13(11)18-10)14-16-6-4-15(2)5-7-16/h3,8,10,12,14H,4-7,9H2,1-2H3/t10-,12?/m0/s1. The first-order chi connectivity index (χ1) is 8.72. The minimum atomic E-state index is 0.519. The number of thiophene rings is 1. The Morgan fingerprint density at radius 1 is 1.28 bits per heavy atom. The highest BCUT2D eigenvalue weighted by Gasteiger charge is 2.28. The average Bonchev–Trinajstić information content (AvgIpc) is 2.80. The predicted molar refractivity (Wildman–Crippen MR) is 79.2 cm³/mol. The zero-order chi connectivity index (χ0) is 12.5. The molecule has 1 aromatic heterocycles. The van der Waals surface area contributed by atoms with Gasteiger partial charge in [-0.15, -0.1) is 23.1 Å². The molecule has 0 amide bonds. The van der Waals surface area contributed by atoms with Crippen molar-refractivity contribution in [2.75, 3.05) is 33.2 Å². The number of hydrazine groups is 1. The lowest BCUT2D eigenvalue weighted by atomic mass is 10.1. The maximum atomic E-state index is 3.75. The lowest BCUT2D eigenvalue weighted by Gasteiger charge is -2.37. The van der Waals surface area contributed by atoms with Gasteiger partial charge in [0, 0.05) is 37.5 Å². The molecule has 1 N–H and O–H groups in total. The van der Waals surface area contributed by atoms with Gasteiger partial charge >= 0.3 is 0 Å². The highest BCUT2D eigenvalue weighted by Crippen LogP contribution is 2.43. The molecular weight excluding hydrogens is 262 g/mol. The molecule has 3 nitrogen and oxygen atoms in total. The first kappa shape index (κ1) is 12.9. The Hall–Kier alpha value is -0.0700. The molecule has 1 unspecified atom stereocenters. The summed E-state index contributed by atoms with van der Waals surface area (Å²) in [5, 5.41) is 5.37. The lowest BCUT2D eigenvalue weighted by Crippen LogP contribution is -2.52. The summed E-state index contributed by atoms with van der Waals surface area (Å²) in [5.41, 5.74) is 5.27. The van der Waals surface area contributed by atoms with Crippen LogP contribution >= 0.6 is 23.1 Å². The molecule has 1 aromatic rings. The molecule has 0 aromatic carbocycles. The molecule has 5 heteroatoms. The van der Waals surface area contributed by atoms with E-state index in [4.69, 9.17) is 0 Å². The fraction of sp³-hybridized carbons (Fsp3) is 0.692. The van der Waals surface area contributed by atoms with Crippen molar-refractivity contribution in [3.05, 3.63) is 17.0 Å². The van der Waals surface area contributed by atoms with Crippen LogP contribution in [0.25, 0.3) is 0 Å². The van der Waals surface area contributed by atoms with Gasteiger partial charge in [0.05, 0.1) is 4.21 Å². The molecule has 100 valence electrons. The van der Waals surface area contributed by atoms with Crippen LogP contribution in [0.1, 0.15) is 24.9 Å². The Bertz CT molecular complexity index is 399. The number of rotatable bonds is 2. The van der Waals surface area contributed by atoms with Gasteiger partial charge in [-0.1, -0.05) is 6.92 Å². The van der Waals surface area contributed by atoms with Gasteiger partial charge in [0.2, 0.25) is 0 Å². The third-order valence-electron chi connectivity index (χ3n) is 3.75. The topological polar surface area (TPSA) is 18.5 Å². The average molecular weight is 283 g/mol. The molecule has 1 saturated heterocycles. The van der Waals surface area contributed by atoms with Gasteiger partial charge in [-0.05, 0) is 30.5 Å². The Balaban J connectivity index is 1.66. The predicted octanol–water partition coefficient (Wildman–Crippen LogP) is 2.43. The van der Waals surface area contributed by atoms with Crippen molar-refractivity contribution in [1.29, 1.82) is 0 Å². The summed E-state index contributed by atoms with van der Waals surface area (Å²) in [6, 6.07) is 2.82. The quantitative estimate of drug-likeness (QED) is 0.898. The van der Waals surface area contributed by atoms with Crippen molar-refractivity contribution in [2.45, 2.75) is 28.8 Å². The Morgan fingerprint density at radius 2 is 2.06 bits per heavy atom. The summed E-state index contributed by atoms with van der Waals surface area (Å²) in [6.07, 6.45) is 1.24. The Labute approximate surface area is 118 Å². The molecule has 0 saturated carbocycles. The number of hydrogen-bond donors (Lipinski definition) is 1. The molecule has 2 atom stereocenters. The van der Waals surface area contributed by atoms with E-state index in [0.717, 1.165) is 18.3 Å². The van der Waals surface area contributed by atoms with Gasteiger partial charge in [-0.3, -0.25) is 0 Å². The SMILES string of the molecule is C[C@H]1CC(NN2CCN(C)CC2)c2ccsc2S1. The zero-order valence-electron chi connectivity index (χ0n) is 11.1. The smallest absolute Gasteiger partial charge is 0.0649 e. The van der Waals surface area contributed by atoms with Crippen LogP contribution in [0, 0.1) is 0 Å². The first-order valence-electron chi connectivity index (χ1n) is 6.66. The number of hydrogen-bond acceptors (Lipinski definition) is 5. The summed E-state index contributed by atoms with van der Waals surface area (Å²) in [4.78, 5) is 2.40. The molecule has 2 aliphatic rings. The van der Waals surface area contributed by atoms with Crippen LogP contribution in [0.2, 0.25) is 0 Å². The summed E-state index contributed by atoms with van der Waals surface area (Å²) in [5.74, 6) is 0. The molecule has 0 aliphatic carbocycles. The fourth-order valence-corrected chi connectivity index (χ4v) is 5.19. The first-order valence-corrected chi connectivity index (χ1v) is 8.42. The number of nitrogens with zero attached hydrogens (tertiary/aromatic N) is 2. The van der Waals surface area contributed by atoms with Crippen LogP contribution < -0.4 is 5.43 Å². The van der Waals surface area contributed by atoms with Gasteiger partial charge in [0.25, 0.3) is 0 Å². The van der Waals surface area contributed by atoms with Crippen molar-refractivity contribution < 1.29 is 0 Å². The van der Waals surface area contributed by atoms with E-state index >= 15 is 0 Å². The number of thioether (sulfide) groups is 1. The zero-order valence-corrected chi connectivity index (χ0v) is 12.7. The van der Waals surface area contributed by atoms with Crippen molar-refractivity contribution in [3.8, 4) is 0 Å². The van der Waals surface area contributed by atoms with E-state index in [2.05, 4.69) is 40.8 Å². The summed E-state index contributed by atoms with van der Waals surface area (Å²) >= 11 is 3.93. The highest BCUT2D eigenvalue weighted by molar-refractivity contribution is 8.01. The third kappa shape index (κ3) is 2.75. The van der Waals surface area contributed by atoms with Crippen LogP contribution in [-0.2, 0) is 0 Å². The second-order valence-corrected chi connectivity index (χ2v) is 7.92. The Morgan fingerprint density at radius 3 is 2.83 bits per heavy atom. The maximum absolute atomic E-state index is 3.75. The normalized spacial score (nSPS) is 30.3. The van der Waals surface area contributed by atoms with Crippen molar-refractivity contribution in [1.82, 2.24) is 15.3 Å². The minimum Gasteiger partial charge on any atom is -0.304 e. The molecule has 0 radical (unpaired) electrons. The van der Waals surface area contributed by atoms with Crippen LogP contribution in [0.4, 0.5) is 0 Å². The monoisotopic (exact) mass is 283 g/mol. The van der Waals surface area contributed by atoms with Gasteiger partial charge in [0.15, 0.2) is 0 Å². The van der Waals surface area contributed by atoms with E-state index in [1.807, 2.05) is 23.1 Å². The number of fused-ring (bicyclic) bond motifs is 1. The molecule has 18 heavy (non-hydrogen) atoms. The molecule has 1 fully saturated rings. The minimum absolute atomic E-state index is 0.519. The van der Waals surface area contributed by atoms with E-state index in [9.17, 15) is 0 Å². The van der Waals surface area contributed by atoms with Crippen LogP contribution in [0.15, 0.2) is 15.7 Å². The second kappa shape index (κ2) is 5.51. The van der Waals surface area contributed by atoms with E-state index in [1.54, 1.807) is 0 Å². The van der Waals surface area contributed by atoms with Crippen molar-refractivity contribution in [2.24, 2.45) is 0 Å².